The number of rotatable bonds is 5. The number of primary amides is 1. The summed E-state index contributed by atoms with van der Waals surface area (Å²) < 4.78 is 6.40. The van der Waals surface area contributed by atoms with Gasteiger partial charge in [0.05, 0.1) is 6.54 Å². The summed E-state index contributed by atoms with van der Waals surface area (Å²) in [4.78, 5) is 23.8. The minimum absolute atomic E-state index is 0.118. The molecule has 0 aliphatic heterocycles. The minimum atomic E-state index is -0.671. The second-order valence-corrected chi connectivity index (χ2v) is 4.79. The maximum absolute atomic E-state index is 11.8. The van der Waals surface area contributed by atoms with Crippen LogP contribution in [0.1, 0.15) is 6.92 Å². The molecule has 2 amide bonds. The molecule has 0 spiro atoms. The van der Waals surface area contributed by atoms with Crippen molar-refractivity contribution >= 4 is 27.7 Å². The summed E-state index contributed by atoms with van der Waals surface area (Å²) in [6, 6.07) is 7.14. The Bertz CT molecular complexity index is 433. The quantitative estimate of drug-likeness (QED) is 0.886. The molecule has 18 heavy (non-hydrogen) atoms. The van der Waals surface area contributed by atoms with Crippen molar-refractivity contribution in [3.8, 4) is 5.75 Å². The number of carbonyl (C=O) groups excluding carboxylic acids is 2. The summed E-state index contributed by atoms with van der Waals surface area (Å²) in [5, 5.41) is 0. The molecule has 2 N–H and O–H groups in total. The van der Waals surface area contributed by atoms with Gasteiger partial charge in [0, 0.05) is 11.5 Å². The van der Waals surface area contributed by atoms with Crippen LogP contribution in [0.4, 0.5) is 0 Å². The molecule has 98 valence electrons. The lowest BCUT2D eigenvalue weighted by atomic mass is 10.3. The van der Waals surface area contributed by atoms with Gasteiger partial charge in [0.1, 0.15) is 5.75 Å². The highest BCUT2D eigenvalue weighted by atomic mass is 79.9. The van der Waals surface area contributed by atoms with Crippen LogP contribution in [0.15, 0.2) is 28.7 Å². The van der Waals surface area contributed by atoms with E-state index in [1.54, 1.807) is 19.1 Å². The van der Waals surface area contributed by atoms with Crippen LogP contribution in [-0.2, 0) is 9.59 Å². The van der Waals surface area contributed by atoms with Gasteiger partial charge < -0.3 is 15.4 Å². The molecule has 0 bridgehead atoms. The fourth-order valence-corrected chi connectivity index (χ4v) is 1.65. The number of amides is 2. The van der Waals surface area contributed by atoms with E-state index >= 15 is 0 Å². The van der Waals surface area contributed by atoms with Gasteiger partial charge in [-0.25, -0.2) is 0 Å². The van der Waals surface area contributed by atoms with E-state index in [-0.39, 0.29) is 12.5 Å². The molecule has 6 heteroatoms. The molecule has 1 aromatic rings. The average molecular weight is 315 g/mol. The van der Waals surface area contributed by atoms with Gasteiger partial charge in [-0.1, -0.05) is 15.9 Å². The molecule has 0 heterocycles. The van der Waals surface area contributed by atoms with E-state index in [0.29, 0.717) is 5.75 Å². The van der Waals surface area contributed by atoms with E-state index in [9.17, 15) is 9.59 Å². The minimum Gasteiger partial charge on any atom is -0.481 e. The number of ether oxygens (including phenoxy) is 1. The fraction of sp³-hybridized carbons (Fsp3) is 0.333. The van der Waals surface area contributed by atoms with Crippen molar-refractivity contribution in [2.24, 2.45) is 5.73 Å². The topological polar surface area (TPSA) is 72.6 Å². The average Bonchev–Trinajstić information content (AvgIpc) is 2.30. The largest absolute Gasteiger partial charge is 0.481 e. The van der Waals surface area contributed by atoms with E-state index in [2.05, 4.69) is 15.9 Å². The number of carbonyl (C=O) groups is 2. The Morgan fingerprint density at radius 3 is 2.44 bits per heavy atom. The van der Waals surface area contributed by atoms with Gasteiger partial charge in [-0.2, -0.15) is 0 Å². The number of hydrogen-bond acceptors (Lipinski definition) is 3. The first-order chi connectivity index (χ1) is 8.40. The van der Waals surface area contributed by atoms with Crippen LogP contribution in [0.5, 0.6) is 5.75 Å². The summed E-state index contributed by atoms with van der Waals surface area (Å²) in [5.41, 5.74) is 5.02. The predicted molar refractivity (Wildman–Crippen MR) is 71.1 cm³/mol. The maximum Gasteiger partial charge on any atom is 0.263 e. The zero-order valence-corrected chi connectivity index (χ0v) is 11.8. The third kappa shape index (κ3) is 4.37. The Hall–Kier alpha value is -1.56. The SMILES string of the molecule is CC(Oc1ccc(Br)cc1)C(=O)N(C)CC(N)=O. The molecule has 0 aliphatic carbocycles. The first-order valence-electron chi connectivity index (χ1n) is 5.35. The zero-order chi connectivity index (χ0) is 13.7. The van der Waals surface area contributed by atoms with Crippen molar-refractivity contribution < 1.29 is 14.3 Å². The normalized spacial score (nSPS) is 11.7. The molecule has 1 rings (SSSR count). The van der Waals surface area contributed by atoms with Crippen molar-refractivity contribution in [3.63, 3.8) is 0 Å². The Morgan fingerprint density at radius 1 is 1.39 bits per heavy atom. The highest BCUT2D eigenvalue weighted by Crippen LogP contribution is 2.17. The highest BCUT2D eigenvalue weighted by molar-refractivity contribution is 9.10. The van der Waals surface area contributed by atoms with Gasteiger partial charge >= 0.3 is 0 Å². The molecule has 1 unspecified atom stereocenters. The van der Waals surface area contributed by atoms with Gasteiger partial charge in [0.2, 0.25) is 5.91 Å². The van der Waals surface area contributed by atoms with Crippen molar-refractivity contribution in [1.29, 1.82) is 0 Å². The Kier molecular flexibility index (Phi) is 5.15. The Labute approximate surface area is 114 Å². The maximum atomic E-state index is 11.8. The molecule has 0 radical (unpaired) electrons. The van der Waals surface area contributed by atoms with E-state index in [4.69, 9.17) is 10.5 Å². The lowest BCUT2D eigenvalue weighted by molar-refractivity contribution is -0.139. The standard InChI is InChI=1S/C12H15BrN2O3/c1-8(12(17)15(2)7-11(14)16)18-10-5-3-9(13)4-6-10/h3-6,8H,7H2,1-2H3,(H2,14,16). The van der Waals surface area contributed by atoms with Gasteiger partial charge in [-0.3, -0.25) is 9.59 Å². The van der Waals surface area contributed by atoms with E-state index in [1.807, 2.05) is 12.1 Å². The molecule has 0 saturated carbocycles. The van der Waals surface area contributed by atoms with Crippen LogP contribution >= 0.6 is 15.9 Å². The second-order valence-electron chi connectivity index (χ2n) is 3.87. The predicted octanol–water partition coefficient (Wildman–Crippen LogP) is 1.16. The first-order valence-corrected chi connectivity index (χ1v) is 6.15. The Balaban J connectivity index is 2.59. The number of benzene rings is 1. The fourth-order valence-electron chi connectivity index (χ4n) is 1.39. The number of nitrogens with zero attached hydrogens (tertiary/aromatic N) is 1. The van der Waals surface area contributed by atoms with Gasteiger partial charge in [-0.05, 0) is 31.2 Å². The zero-order valence-electron chi connectivity index (χ0n) is 10.2. The monoisotopic (exact) mass is 314 g/mol. The van der Waals surface area contributed by atoms with E-state index in [1.165, 1.54) is 11.9 Å². The molecule has 0 aliphatic rings. The van der Waals surface area contributed by atoms with Crippen molar-refractivity contribution in [3.05, 3.63) is 28.7 Å². The molecular formula is C12H15BrN2O3. The highest BCUT2D eigenvalue weighted by Gasteiger charge is 2.20. The lowest BCUT2D eigenvalue weighted by Crippen LogP contribution is -2.42. The van der Waals surface area contributed by atoms with Crippen LogP contribution in [0, 0.1) is 0 Å². The number of nitrogens with two attached hydrogens (primary N) is 1. The number of halogens is 1. The molecule has 0 aromatic heterocycles. The summed E-state index contributed by atoms with van der Waals surface area (Å²) >= 11 is 3.31. The number of hydrogen-bond donors (Lipinski definition) is 1. The van der Waals surface area contributed by atoms with Crippen molar-refractivity contribution in [1.82, 2.24) is 4.90 Å². The first kappa shape index (κ1) is 14.5. The van der Waals surface area contributed by atoms with Crippen LogP contribution in [0.3, 0.4) is 0 Å². The van der Waals surface area contributed by atoms with Crippen molar-refractivity contribution in [2.45, 2.75) is 13.0 Å². The number of likely N-dealkylation sites (N-methyl/N-ethyl adjacent to an activating group) is 1. The molecule has 0 fully saturated rings. The van der Waals surface area contributed by atoms with Crippen LogP contribution in [0.2, 0.25) is 0 Å². The molecule has 1 aromatic carbocycles. The summed E-state index contributed by atoms with van der Waals surface area (Å²) in [6.45, 7) is 1.51. The lowest BCUT2D eigenvalue weighted by Gasteiger charge is -2.20. The molecular weight excluding hydrogens is 300 g/mol. The third-order valence-electron chi connectivity index (χ3n) is 2.24. The smallest absolute Gasteiger partial charge is 0.263 e. The molecule has 0 saturated heterocycles. The van der Waals surface area contributed by atoms with Gasteiger partial charge in [-0.15, -0.1) is 0 Å². The summed E-state index contributed by atoms with van der Waals surface area (Å²) in [7, 11) is 1.51. The van der Waals surface area contributed by atoms with Crippen LogP contribution in [-0.4, -0.2) is 36.4 Å². The summed E-state index contributed by atoms with van der Waals surface area (Å²) in [6.07, 6.45) is -0.671. The summed E-state index contributed by atoms with van der Waals surface area (Å²) in [5.74, 6) is -0.259. The third-order valence-corrected chi connectivity index (χ3v) is 2.77. The molecule has 5 nitrogen and oxygen atoms in total. The van der Waals surface area contributed by atoms with Crippen LogP contribution in [0.25, 0.3) is 0 Å². The Morgan fingerprint density at radius 2 is 1.94 bits per heavy atom. The van der Waals surface area contributed by atoms with Crippen LogP contribution < -0.4 is 10.5 Å². The van der Waals surface area contributed by atoms with E-state index in [0.717, 1.165) is 4.47 Å². The molecule has 1 atom stereocenters. The van der Waals surface area contributed by atoms with Crippen molar-refractivity contribution in [2.75, 3.05) is 13.6 Å². The van der Waals surface area contributed by atoms with Gasteiger partial charge in [0.15, 0.2) is 6.10 Å². The van der Waals surface area contributed by atoms with E-state index < -0.39 is 12.0 Å². The second kappa shape index (κ2) is 6.39. The van der Waals surface area contributed by atoms with Gasteiger partial charge in [0.25, 0.3) is 5.91 Å².